The summed E-state index contributed by atoms with van der Waals surface area (Å²) < 4.78 is 10.7. The minimum atomic E-state index is 0.00789. The number of pyridine rings is 1. The number of furan rings is 1. The van der Waals surface area contributed by atoms with Gasteiger partial charge in [0.15, 0.2) is 0 Å². The zero-order valence-corrected chi connectivity index (χ0v) is 15.0. The molecule has 0 unspecified atom stereocenters. The van der Waals surface area contributed by atoms with Gasteiger partial charge in [0, 0.05) is 52.1 Å². The first-order valence-electron chi connectivity index (χ1n) is 9.06. The molecule has 0 atom stereocenters. The molecule has 0 radical (unpaired) electrons. The van der Waals surface area contributed by atoms with Crippen molar-refractivity contribution in [3.8, 4) is 0 Å². The van der Waals surface area contributed by atoms with Crippen molar-refractivity contribution in [3.05, 3.63) is 54.2 Å². The number of hydrogen-bond acceptors (Lipinski definition) is 5. The van der Waals surface area contributed by atoms with Crippen LogP contribution in [-0.2, 0) is 17.9 Å². The Morgan fingerprint density at radius 1 is 1.19 bits per heavy atom. The van der Waals surface area contributed by atoms with Gasteiger partial charge in [-0.2, -0.15) is 0 Å². The van der Waals surface area contributed by atoms with E-state index in [1.807, 2.05) is 41.4 Å². The van der Waals surface area contributed by atoms with Crippen LogP contribution < -0.4 is 5.32 Å². The normalized spacial score (nSPS) is 15.2. The number of aromatic nitrogens is 1. The van der Waals surface area contributed by atoms with E-state index in [0.717, 1.165) is 50.6 Å². The predicted octanol–water partition coefficient (Wildman–Crippen LogP) is 2.11. The molecule has 0 aliphatic carbocycles. The lowest BCUT2D eigenvalue weighted by molar-refractivity contribution is 0.103. The summed E-state index contributed by atoms with van der Waals surface area (Å²) >= 11 is 0. The van der Waals surface area contributed by atoms with E-state index in [4.69, 9.17) is 9.15 Å². The highest BCUT2D eigenvalue weighted by Gasteiger charge is 2.20. The number of carbonyl (C=O) groups is 1. The summed E-state index contributed by atoms with van der Waals surface area (Å²) in [6.07, 6.45) is 4.23. The van der Waals surface area contributed by atoms with Gasteiger partial charge < -0.3 is 19.4 Å². The number of rotatable bonds is 8. The molecule has 140 valence electrons. The van der Waals surface area contributed by atoms with Gasteiger partial charge in [-0.1, -0.05) is 6.07 Å². The number of hydrogen-bond donors (Lipinski definition) is 1. The fourth-order valence-corrected chi connectivity index (χ4v) is 2.88. The van der Waals surface area contributed by atoms with Crippen LogP contribution in [-0.4, -0.2) is 60.1 Å². The van der Waals surface area contributed by atoms with E-state index < -0.39 is 0 Å². The second-order valence-electron chi connectivity index (χ2n) is 6.30. The zero-order valence-electron chi connectivity index (χ0n) is 15.0. The first-order chi connectivity index (χ1) is 12.8. The van der Waals surface area contributed by atoms with Crippen molar-refractivity contribution in [2.24, 2.45) is 0 Å². The Labute approximate surface area is 153 Å². The van der Waals surface area contributed by atoms with E-state index >= 15 is 0 Å². The van der Waals surface area contributed by atoms with Crippen molar-refractivity contribution in [1.82, 2.24) is 20.1 Å². The summed E-state index contributed by atoms with van der Waals surface area (Å²) in [7, 11) is 0. The monoisotopic (exact) mass is 358 g/mol. The highest BCUT2D eigenvalue weighted by molar-refractivity contribution is 5.74. The van der Waals surface area contributed by atoms with Crippen LogP contribution >= 0.6 is 0 Å². The van der Waals surface area contributed by atoms with Crippen LogP contribution in [0.1, 0.15) is 17.9 Å². The van der Waals surface area contributed by atoms with Crippen molar-refractivity contribution in [3.63, 3.8) is 0 Å². The SMILES string of the molecule is O=C(NCCCOCc1ccco1)N1CCN(Cc2ccccn2)CC1. The highest BCUT2D eigenvalue weighted by atomic mass is 16.5. The van der Waals surface area contributed by atoms with E-state index in [1.165, 1.54) is 0 Å². The first-order valence-corrected chi connectivity index (χ1v) is 9.06. The Hall–Kier alpha value is -2.38. The minimum absolute atomic E-state index is 0.00789. The molecule has 1 N–H and O–H groups in total. The maximum absolute atomic E-state index is 12.2. The van der Waals surface area contributed by atoms with Gasteiger partial charge in [-0.3, -0.25) is 9.88 Å². The molecule has 0 aromatic carbocycles. The Kier molecular flexibility index (Phi) is 7.04. The number of nitrogens with one attached hydrogen (secondary N) is 1. The van der Waals surface area contributed by atoms with Crippen LogP contribution in [0.5, 0.6) is 0 Å². The average Bonchev–Trinajstić information content (AvgIpc) is 3.19. The molecule has 7 nitrogen and oxygen atoms in total. The topological polar surface area (TPSA) is 70.8 Å². The minimum Gasteiger partial charge on any atom is -0.467 e. The first kappa shape index (κ1) is 18.4. The number of carbonyl (C=O) groups excluding carboxylic acids is 1. The fraction of sp³-hybridized carbons (Fsp3) is 0.474. The second-order valence-corrected chi connectivity index (χ2v) is 6.30. The quantitative estimate of drug-likeness (QED) is 0.732. The molecule has 1 saturated heterocycles. The van der Waals surface area contributed by atoms with Crippen LogP contribution in [0.4, 0.5) is 4.79 Å². The van der Waals surface area contributed by atoms with Crippen molar-refractivity contribution in [1.29, 1.82) is 0 Å². The van der Waals surface area contributed by atoms with Crippen LogP contribution in [0.3, 0.4) is 0 Å². The van der Waals surface area contributed by atoms with E-state index in [-0.39, 0.29) is 6.03 Å². The Morgan fingerprint density at radius 3 is 2.81 bits per heavy atom. The van der Waals surface area contributed by atoms with Gasteiger partial charge >= 0.3 is 6.03 Å². The molecule has 2 aromatic heterocycles. The summed E-state index contributed by atoms with van der Waals surface area (Å²) in [5.41, 5.74) is 1.07. The van der Waals surface area contributed by atoms with Crippen molar-refractivity contribution in [2.45, 2.75) is 19.6 Å². The molecular formula is C19H26N4O3. The van der Waals surface area contributed by atoms with Gasteiger partial charge in [-0.25, -0.2) is 4.79 Å². The molecule has 3 heterocycles. The smallest absolute Gasteiger partial charge is 0.317 e. The van der Waals surface area contributed by atoms with Crippen molar-refractivity contribution >= 4 is 6.03 Å². The largest absolute Gasteiger partial charge is 0.467 e. The van der Waals surface area contributed by atoms with Crippen LogP contribution in [0, 0.1) is 0 Å². The molecule has 3 rings (SSSR count). The van der Waals surface area contributed by atoms with Gasteiger partial charge in [0.2, 0.25) is 0 Å². The van der Waals surface area contributed by atoms with Crippen LogP contribution in [0.2, 0.25) is 0 Å². The number of urea groups is 1. The van der Waals surface area contributed by atoms with Gasteiger partial charge in [-0.05, 0) is 30.7 Å². The second kappa shape index (κ2) is 9.94. The summed E-state index contributed by atoms with van der Waals surface area (Å²) in [6.45, 7) is 5.75. The van der Waals surface area contributed by atoms with Crippen molar-refractivity contribution < 1.29 is 13.9 Å². The third kappa shape index (κ3) is 5.86. The van der Waals surface area contributed by atoms with Gasteiger partial charge in [0.05, 0.1) is 12.0 Å². The Balaban J connectivity index is 1.25. The van der Waals surface area contributed by atoms with E-state index in [0.29, 0.717) is 19.8 Å². The van der Waals surface area contributed by atoms with E-state index in [2.05, 4.69) is 15.2 Å². The lowest BCUT2D eigenvalue weighted by Crippen LogP contribution is -2.51. The molecule has 26 heavy (non-hydrogen) atoms. The lowest BCUT2D eigenvalue weighted by atomic mass is 10.3. The molecule has 2 aromatic rings. The van der Waals surface area contributed by atoms with E-state index in [1.54, 1.807) is 6.26 Å². The molecule has 2 amide bonds. The molecular weight excluding hydrogens is 332 g/mol. The predicted molar refractivity (Wildman–Crippen MR) is 97.5 cm³/mol. The molecule has 1 aliphatic rings. The maximum Gasteiger partial charge on any atom is 0.317 e. The zero-order chi connectivity index (χ0) is 18.0. The number of piperazine rings is 1. The Bertz CT molecular complexity index is 640. The highest BCUT2D eigenvalue weighted by Crippen LogP contribution is 2.07. The number of amides is 2. The molecule has 0 bridgehead atoms. The van der Waals surface area contributed by atoms with Gasteiger partial charge in [0.25, 0.3) is 0 Å². The third-order valence-electron chi connectivity index (χ3n) is 4.34. The van der Waals surface area contributed by atoms with E-state index in [9.17, 15) is 4.79 Å². The molecule has 1 aliphatic heterocycles. The summed E-state index contributed by atoms with van der Waals surface area (Å²) in [6, 6.07) is 9.70. The molecule has 7 heteroatoms. The maximum atomic E-state index is 12.2. The van der Waals surface area contributed by atoms with Crippen LogP contribution in [0.15, 0.2) is 47.2 Å². The molecule has 1 fully saturated rings. The third-order valence-corrected chi connectivity index (χ3v) is 4.34. The summed E-state index contributed by atoms with van der Waals surface area (Å²) in [5.74, 6) is 0.817. The van der Waals surface area contributed by atoms with Gasteiger partial charge in [0.1, 0.15) is 12.4 Å². The standard InChI is InChI=1S/C19H26N4O3/c24-19(21-8-4-13-25-16-18-6-3-14-26-18)23-11-9-22(10-12-23)15-17-5-1-2-7-20-17/h1-3,5-7,14H,4,8-13,15-16H2,(H,21,24). The van der Waals surface area contributed by atoms with Gasteiger partial charge in [-0.15, -0.1) is 0 Å². The summed E-state index contributed by atoms with van der Waals surface area (Å²) in [5, 5.41) is 2.96. The Morgan fingerprint density at radius 2 is 2.08 bits per heavy atom. The average molecular weight is 358 g/mol. The van der Waals surface area contributed by atoms with Crippen molar-refractivity contribution in [2.75, 3.05) is 39.3 Å². The number of nitrogens with zero attached hydrogens (tertiary/aromatic N) is 3. The lowest BCUT2D eigenvalue weighted by Gasteiger charge is -2.34. The summed E-state index contributed by atoms with van der Waals surface area (Å²) in [4.78, 5) is 20.8. The van der Waals surface area contributed by atoms with Crippen LogP contribution in [0.25, 0.3) is 0 Å². The molecule has 0 saturated carbocycles. The fourth-order valence-electron chi connectivity index (χ4n) is 2.88. The number of ether oxygens (including phenoxy) is 1. The molecule has 0 spiro atoms.